The molecule has 2 aliphatic heterocycles. The van der Waals surface area contributed by atoms with Gasteiger partial charge in [0, 0.05) is 17.0 Å². The smallest absolute Gasteiger partial charge is 0.166 e. The van der Waals surface area contributed by atoms with Gasteiger partial charge in [-0.25, -0.2) is 0 Å². The highest BCUT2D eigenvalue weighted by atomic mass is 16.6. The van der Waals surface area contributed by atoms with Gasteiger partial charge in [-0.05, 0) is 49.4 Å². The molecule has 5 rings (SSSR count). The second-order valence-corrected chi connectivity index (χ2v) is 6.84. The summed E-state index contributed by atoms with van der Waals surface area (Å²) in [7, 11) is 3.48. The van der Waals surface area contributed by atoms with Crippen LogP contribution in [0.2, 0.25) is 0 Å². The maximum atomic E-state index is 6.46. The zero-order valence-corrected chi connectivity index (χ0v) is 13.0. The topological polar surface area (TPSA) is 39.7 Å². The third-order valence-electron chi connectivity index (χ3n) is 6.20. The lowest BCUT2D eigenvalue weighted by molar-refractivity contribution is 0.0182. The van der Waals surface area contributed by atoms with E-state index in [9.17, 15) is 0 Å². The van der Waals surface area contributed by atoms with Crippen LogP contribution in [0.25, 0.3) is 0 Å². The minimum absolute atomic E-state index is 0.00574. The summed E-state index contributed by atoms with van der Waals surface area (Å²) in [4.78, 5) is 0. The lowest BCUT2D eigenvalue weighted by Gasteiger charge is -2.54. The molecule has 1 fully saturated rings. The quantitative estimate of drug-likeness (QED) is 0.908. The summed E-state index contributed by atoms with van der Waals surface area (Å²) < 4.78 is 17.7. The highest BCUT2D eigenvalue weighted by Gasteiger charge is 2.63. The van der Waals surface area contributed by atoms with Crippen molar-refractivity contribution in [1.29, 1.82) is 0 Å². The number of piperidine rings is 1. The molecule has 0 radical (unpaired) electrons. The molecule has 4 aliphatic rings. The van der Waals surface area contributed by atoms with Crippen LogP contribution in [0.15, 0.2) is 24.0 Å². The number of ether oxygens (including phenoxy) is 3. The lowest BCUT2D eigenvalue weighted by atomic mass is 9.53. The number of nitrogens with one attached hydrogen (secondary N) is 1. The lowest BCUT2D eigenvalue weighted by Crippen LogP contribution is -2.63. The SMILES string of the molecule is COC1=CCC2[C@@H]3Cc4ccc(OC)c5c4C2(CCN3)[C@@H]1O5. The maximum absolute atomic E-state index is 6.46. The van der Waals surface area contributed by atoms with Gasteiger partial charge in [0.05, 0.1) is 14.2 Å². The highest BCUT2D eigenvalue weighted by Crippen LogP contribution is 2.62. The molecule has 1 N–H and O–H groups in total. The molecule has 1 saturated heterocycles. The van der Waals surface area contributed by atoms with Crippen LogP contribution in [-0.4, -0.2) is 32.9 Å². The van der Waals surface area contributed by atoms with E-state index in [0.717, 1.165) is 43.1 Å². The van der Waals surface area contributed by atoms with Crippen LogP contribution in [0, 0.1) is 5.92 Å². The van der Waals surface area contributed by atoms with E-state index in [2.05, 4.69) is 17.5 Å². The van der Waals surface area contributed by atoms with Crippen molar-refractivity contribution in [1.82, 2.24) is 5.32 Å². The Morgan fingerprint density at radius 1 is 1.27 bits per heavy atom. The number of hydrogen-bond acceptors (Lipinski definition) is 4. The molecule has 2 unspecified atom stereocenters. The third-order valence-corrected chi connectivity index (χ3v) is 6.20. The van der Waals surface area contributed by atoms with E-state index < -0.39 is 0 Å². The number of hydrogen-bond donors (Lipinski definition) is 1. The zero-order chi connectivity index (χ0) is 14.9. The number of rotatable bonds is 2. The molecule has 2 heterocycles. The van der Waals surface area contributed by atoms with E-state index in [1.165, 1.54) is 11.1 Å². The fourth-order valence-corrected chi connectivity index (χ4v) is 5.38. The van der Waals surface area contributed by atoms with Crippen molar-refractivity contribution < 1.29 is 14.2 Å². The van der Waals surface area contributed by atoms with Crippen LogP contribution in [0.5, 0.6) is 11.5 Å². The highest BCUT2D eigenvalue weighted by molar-refractivity contribution is 5.62. The molecule has 1 spiro atoms. The van der Waals surface area contributed by atoms with E-state index in [4.69, 9.17) is 14.2 Å². The molecule has 0 amide bonds. The monoisotopic (exact) mass is 299 g/mol. The van der Waals surface area contributed by atoms with Crippen molar-refractivity contribution in [3.05, 3.63) is 35.1 Å². The average molecular weight is 299 g/mol. The van der Waals surface area contributed by atoms with E-state index in [0.29, 0.717) is 12.0 Å². The number of benzene rings is 1. The first-order chi connectivity index (χ1) is 10.8. The first-order valence-corrected chi connectivity index (χ1v) is 8.14. The molecule has 4 nitrogen and oxygen atoms in total. The first-order valence-electron chi connectivity index (χ1n) is 8.14. The molecule has 0 aromatic heterocycles. The molecule has 1 aromatic carbocycles. The Kier molecular flexibility index (Phi) is 2.44. The molecule has 22 heavy (non-hydrogen) atoms. The summed E-state index contributed by atoms with van der Waals surface area (Å²) in [6, 6.07) is 4.82. The van der Waals surface area contributed by atoms with Crippen molar-refractivity contribution in [3.63, 3.8) is 0 Å². The second kappa shape index (κ2) is 4.19. The van der Waals surface area contributed by atoms with E-state index in [1.807, 2.05) is 6.07 Å². The molecular weight excluding hydrogens is 278 g/mol. The van der Waals surface area contributed by atoms with Crippen molar-refractivity contribution in [3.8, 4) is 11.5 Å². The first kappa shape index (κ1) is 12.8. The third kappa shape index (κ3) is 1.29. The zero-order valence-electron chi connectivity index (χ0n) is 13.0. The molecule has 0 saturated carbocycles. The van der Waals surface area contributed by atoms with Crippen molar-refractivity contribution in [2.45, 2.75) is 36.8 Å². The molecular formula is C18H21NO3. The Labute approximate surface area is 130 Å². The Morgan fingerprint density at radius 3 is 3.00 bits per heavy atom. The Balaban J connectivity index is 1.81. The average Bonchev–Trinajstić information content (AvgIpc) is 2.88. The van der Waals surface area contributed by atoms with Crippen LogP contribution in [0.1, 0.15) is 24.0 Å². The summed E-state index contributed by atoms with van der Waals surface area (Å²) in [5, 5.41) is 3.73. The van der Waals surface area contributed by atoms with Crippen LogP contribution in [0.4, 0.5) is 0 Å². The molecule has 4 atom stereocenters. The molecule has 2 aliphatic carbocycles. The Bertz CT molecular complexity index is 683. The van der Waals surface area contributed by atoms with Gasteiger partial charge in [-0.2, -0.15) is 0 Å². The van der Waals surface area contributed by atoms with Gasteiger partial charge in [-0.1, -0.05) is 6.07 Å². The van der Waals surface area contributed by atoms with Gasteiger partial charge in [0.1, 0.15) is 5.76 Å². The van der Waals surface area contributed by atoms with Gasteiger partial charge in [-0.3, -0.25) is 0 Å². The molecule has 116 valence electrons. The normalized spacial score (nSPS) is 37.0. The fraction of sp³-hybridized carbons (Fsp3) is 0.556. The summed E-state index contributed by atoms with van der Waals surface area (Å²) in [5.41, 5.74) is 2.89. The van der Waals surface area contributed by atoms with Crippen LogP contribution < -0.4 is 14.8 Å². The Morgan fingerprint density at radius 2 is 2.18 bits per heavy atom. The van der Waals surface area contributed by atoms with Gasteiger partial charge >= 0.3 is 0 Å². The number of allylic oxidation sites excluding steroid dienone is 1. The van der Waals surface area contributed by atoms with E-state index in [1.54, 1.807) is 14.2 Å². The molecule has 1 aromatic rings. The van der Waals surface area contributed by atoms with Gasteiger partial charge in [0.25, 0.3) is 0 Å². The second-order valence-electron chi connectivity index (χ2n) is 6.84. The predicted octanol–water partition coefficient (Wildman–Crippen LogP) is 2.16. The largest absolute Gasteiger partial charge is 0.497 e. The van der Waals surface area contributed by atoms with Gasteiger partial charge in [0.2, 0.25) is 0 Å². The van der Waals surface area contributed by atoms with Gasteiger partial charge < -0.3 is 19.5 Å². The Hall–Kier alpha value is -1.68. The number of methoxy groups -OCH3 is 2. The maximum Gasteiger partial charge on any atom is 0.166 e. The summed E-state index contributed by atoms with van der Waals surface area (Å²) in [6.45, 7) is 1.05. The van der Waals surface area contributed by atoms with Crippen LogP contribution in [-0.2, 0) is 16.6 Å². The molecule has 2 bridgehead atoms. The molecule has 4 heteroatoms. The van der Waals surface area contributed by atoms with Crippen molar-refractivity contribution >= 4 is 0 Å². The van der Waals surface area contributed by atoms with Gasteiger partial charge in [-0.15, -0.1) is 0 Å². The predicted molar refractivity (Wildman–Crippen MR) is 82.4 cm³/mol. The van der Waals surface area contributed by atoms with Crippen molar-refractivity contribution in [2.75, 3.05) is 20.8 Å². The summed E-state index contributed by atoms with van der Waals surface area (Å²) in [6.07, 6.45) is 5.50. The van der Waals surface area contributed by atoms with Crippen molar-refractivity contribution in [2.24, 2.45) is 5.92 Å². The van der Waals surface area contributed by atoms with E-state index in [-0.39, 0.29) is 11.5 Å². The minimum atomic E-state index is 0.00574. The van der Waals surface area contributed by atoms with Crippen LogP contribution >= 0.6 is 0 Å². The van der Waals surface area contributed by atoms with Crippen LogP contribution in [0.3, 0.4) is 0 Å². The summed E-state index contributed by atoms with van der Waals surface area (Å²) >= 11 is 0. The standard InChI is InChI=1S/C18H21NO3/c1-20-13-5-3-10-9-12-11-4-6-14(21-2)17-18(11,7-8-19-12)15(10)16(13)22-17/h3,5-6,11-12,17,19H,4,7-9H2,1-2H3/t11?,12-,17+,18?/m0/s1. The van der Waals surface area contributed by atoms with Gasteiger partial charge in [0.15, 0.2) is 17.6 Å². The summed E-state index contributed by atoms with van der Waals surface area (Å²) in [5.74, 6) is 3.39. The van der Waals surface area contributed by atoms with E-state index >= 15 is 0 Å². The fourth-order valence-electron chi connectivity index (χ4n) is 5.38. The minimum Gasteiger partial charge on any atom is -0.497 e.